The second kappa shape index (κ2) is 6.56. The quantitative estimate of drug-likeness (QED) is 0.823. The molecule has 0 bridgehead atoms. The normalized spacial score (nSPS) is 23.0. The largest absolute Gasteiger partial charge is 0.463 e. The number of likely N-dealkylation sites (N-methyl/N-ethyl adjacent to an activating group) is 1. The highest BCUT2D eigenvalue weighted by molar-refractivity contribution is 5.79. The molecule has 0 saturated carbocycles. The molecule has 1 aromatic rings. The van der Waals surface area contributed by atoms with E-state index in [-0.39, 0.29) is 12.0 Å². The first kappa shape index (κ1) is 14.5. The molecule has 0 aliphatic carbocycles. The summed E-state index contributed by atoms with van der Waals surface area (Å²) in [6.07, 6.45) is 0. The fraction of sp³-hybridized carbons (Fsp3) is 0.562. The molecule has 0 aromatic heterocycles. The van der Waals surface area contributed by atoms with Gasteiger partial charge in [-0.2, -0.15) is 0 Å². The third kappa shape index (κ3) is 3.43. The van der Waals surface area contributed by atoms with Crippen LogP contribution in [0, 0.1) is 0 Å². The lowest BCUT2D eigenvalue weighted by Crippen LogP contribution is -2.45. The minimum absolute atomic E-state index is 0.158. The predicted octanol–water partition coefficient (Wildman–Crippen LogP) is 0.622. The Hall–Kier alpha value is -1.43. The number of fused-ring (bicyclic) bond motifs is 1. The van der Waals surface area contributed by atoms with Gasteiger partial charge in [-0.1, -0.05) is 24.3 Å². The molecule has 5 heteroatoms. The van der Waals surface area contributed by atoms with E-state index in [4.69, 9.17) is 4.74 Å². The van der Waals surface area contributed by atoms with E-state index in [9.17, 15) is 4.79 Å². The molecule has 0 spiro atoms. The number of nitrogens with one attached hydrogen (secondary N) is 1. The van der Waals surface area contributed by atoms with Crippen molar-refractivity contribution >= 4 is 5.97 Å². The zero-order valence-corrected chi connectivity index (χ0v) is 12.5. The number of carbonyl (C=O) groups is 1. The summed E-state index contributed by atoms with van der Waals surface area (Å²) in [5, 5.41) is 3.22. The monoisotopic (exact) mass is 289 g/mol. The molecule has 1 unspecified atom stereocenters. The Kier molecular flexibility index (Phi) is 4.53. The fourth-order valence-electron chi connectivity index (χ4n) is 2.94. The standard InChI is InChI=1S/C16H23N3O2/c1-18-6-8-19(9-7-18)10-11-21-16(20)15-14-5-3-2-4-13(14)12-17-15/h2-5,15,17H,6-12H2,1H3. The van der Waals surface area contributed by atoms with Crippen LogP contribution in [0.5, 0.6) is 0 Å². The van der Waals surface area contributed by atoms with Crippen molar-refractivity contribution in [2.75, 3.05) is 46.4 Å². The fourth-order valence-corrected chi connectivity index (χ4v) is 2.94. The maximum absolute atomic E-state index is 12.2. The van der Waals surface area contributed by atoms with E-state index in [1.807, 2.05) is 18.2 Å². The third-order valence-corrected chi connectivity index (χ3v) is 4.35. The van der Waals surface area contributed by atoms with Crippen LogP contribution in [-0.2, 0) is 16.1 Å². The lowest BCUT2D eigenvalue weighted by Gasteiger charge is -2.32. The molecule has 114 valence electrons. The average Bonchev–Trinajstić information content (AvgIpc) is 2.93. The predicted molar refractivity (Wildman–Crippen MR) is 80.9 cm³/mol. The Morgan fingerprint density at radius 1 is 1.29 bits per heavy atom. The lowest BCUT2D eigenvalue weighted by atomic mass is 10.1. The van der Waals surface area contributed by atoms with Crippen LogP contribution in [-0.4, -0.2) is 62.1 Å². The molecule has 1 atom stereocenters. The van der Waals surface area contributed by atoms with Gasteiger partial charge in [-0.15, -0.1) is 0 Å². The summed E-state index contributed by atoms with van der Waals surface area (Å²) in [5.41, 5.74) is 2.25. The van der Waals surface area contributed by atoms with Gasteiger partial charge in [0.05, 0.1) is 0 Å². The van der Waals surface area contributed by atoms with Crippen molar-refractivity contribution in [3.8, 4) is 0 Å². The molecule has 1 N–H and O–H groups in total. The first-order chi connectivity index (χ1) is 10.2. The first-order valence-corrected chi connectivity index (χ1v) is 7.63. The van der Waals surface area contributed by atoms with Gasteiger partial charge in [0, 0.05) is 39.3 Å². The molecule has 0 radical (unpaired) electrons. The molecule has 3 rings (SSSR count). The summed E-state index contributed by atoms with van der Waals surface area (Å²) in [7, 11) is 2.14. The Labute approximate surface area is 125 Å². The number of rotatable bonds is 4. The Bertz CT molecular complexity index is 498. The van der Waals surface area contributed by atoms with E-state index in [1.165, 1.54) is 5.56 Å². The van der Waals surface area contributed by atoms with Gasteiger partial charge in [0.1, 0.15) is 12.6 Å². The molecule has 1 aromatic carbocycles. The van der Waals surface area contributed by atoms with E-state index < -0.39 is 0 Å². The highest BCUT2D eigenvalue weighted by Crippen LogP contribution is 2.25. The minimum Gasteiger partial charge on any atom is -0.463 e. The molecule has 1 saturated heterocycles. The van der Waals surface area contributed by atoms with Crippen LogP contribution >= 0.6 is 0 Å². The van der Waals surface area contributed by atoms with Gasteiger partial charge < -0.3 is 9.64 Å². The molecule has 1 fully saturated rings. The first-order valence-electron chi connectivity index (χ1n) is 7.63. The van der Waals surface area contributed by atoms with Gasteiger partial charge in [-0.25, -0.2) is 4.79 Å². The van der Waals surface area contributed by atoms with Crippen molar-refractivity contribution in [1.29, 1.82) is 0 Å². The molecule has 2 aliphatic rings. The van der Waals surface area contributed by atoms with E-state index in [1.54, 1.807) is 0 Å². The second-order valence-corrected chi connectivity index (χ2v) is 5.83. The Morgan fingerprint density at radius 2 is 2.05 bits per heavy atom. The summed E-state index contributed by atoms with van der Waals surface area (Å²) in [5.74, 6) is -0.158. The molecule has 5 nitrogen and oxygen atoms in total. The van der Waals surface area contributed by atoms with Crippen molar-refractivity contribution in [3.63, 3.8) is 0 Å². The molecular formula is C16H23N3O2. The zero-order chi connectivity index (χ0) is 14.7. The number of ether oxygens (including phenoxy) is 1. The van der Waals surface area contributed by atoms with Crippen molar-refractivity contribution in [2.24, 2.45) is 0 Å². The van der Waals surface area contributed by atoms with Crippen LogP contribution in [0.4, 0.5) is 0 Å². The highest BCUT2D eigenvalue weighted by atomic mass is 16.5. The van der Waals surface area contributed by atoms with Crippen molar-refractivity contribution in [3.05, 3.63) is 35.4 Å². The van der Waals surface area contributed by atoms with Gasteiger partial charge in [0.25, 0.3) is 0 Å². The Balaban J connectivity index is 1.45. The van der Waals surface area contributed by atoms with Crippen LogP contribution in [0.1, 0.15) is 17.2 Å². The van der Waals surface area contributed by atoms with Crippen LogP contribution in [0.15, 0.2) is 24.3 Å². The van der Waals surface area contributed by atoms with Crippen LogP contribution in [0.25, 0.3) is 0 Å². The number of benzene rings is 1. The molecule has 21 heavy (non-hydrogen) atoms. The molecule has 2 aliphatic heterocycles. The summed E-state index contributed by atoms with van der Waals surface area (Å²) < 4.78 is 5.46. The van der Waals surface area contributed by atoms with Gasteiger partial charge >= 0.3 is 5.97 Å². The summed E-state index contributed by atoms with van der Waals surface area (Å²) >= 11 is 0. The Morgan fingerprint density at radius 3 is 2.86 bits per heavy atom. The van der Waals surface area contributed by atoms with Crippen LogP contribution in [0.2, 0.25) is 0 Å². The number of nitrogens with zero attached hydrogens (tertiary/aromatic N) is 2. The van der Waals surface area contributed by atoms with Gasteiger partial charge in [-0.3, -0.25) is 10.2 Å². The summed E-state index contributed by atoms with van der Waals surface area (Å²) in [4.78, 5) is 16.9. The van der Waals surface area contributed by atoms with Crippen LogP contribution in [0.3, 0.4) is 0 Å². The SMILES string of the molecule is CN1CCN(CCOC(=O)C2NCc3ccccc32)CC1. The van der Waals surface area contributed by atoms with E-state index in [0.717, 1.165) is 44.8 Å². The molecular weight excluding hydrogens is 266 g/mol. The van der Waals surface area contributed by atoms with Crippen LogP contribution < -0.4 is 5.32 Å². The topological polar surface area (TPSA) is 44.8 Å². The number of hydrogen-bond acceptors (Lipinski definition) is 5. The van der Waals surface area contributed by atoms with Gasteiger partial charge in [0.15, 0.2) is 0 Å². The van der Waals surface area contributed by atoms with E-state index >= 15 is 0 Å². The minimum atomic E-state index is -0.298. The maximum atomic E-state index is 12.2. The van der Waals surface area contributed by atoms with E-state index in [0.29, 0.717) is 6.61 Å². The van der Waals surface area contributed by atoms with Gasteiger partial charge in [0.2, 0.25) is 0 Å². The molecule has 0 amide bonds. The average molecular weight is 289 g/mol. The number of piperazine rings is 1. The summed E-state index contributed by atoms with van der Waals surface area (Å²) in [6, 6.07) is 7.73. The van der Waals surface area contributed by atoms with Crippen molar-refractivity contribution in [1.82, 2.24) is 15.1 Å². The second-order valence-electron chi connectivity index (χ2n) is 5.83. The number of carbonyl (C=O) groups excluding carboxylic acids is 1. The number of esters is 1. The third-order valence-electron chi connectivity index (χ3n) is 4.35. The molecule has 2 heterocycles. The lowest BCUT2D eigenvalue weighted by molar-refractivity contribution is -0.146. The number of hydrogen-bond donors (Lipinski definition) is 1. The highest BCUT2D eigenvalue weighted by Gasteiger charge is 2.29. The van der Waals surface area contributed by atoms with Crippen molar-refractivity contribution in [2.45, 2.75) is 12.6 Å². The zero-order valence-electron chi connectivity index (χ0n) is 12.5. The maximum Gasteiger partial charge on any atom is 0.327 e. The van der Waals surface area contributed by atoms with Crippen molar-refractivity contribution < 1.29 is 9.53 Å². The van der Waals surface area contributed by atoms with Gasteiger partial charge in [-0.05, 0) is 18.2 Å². The van der Waals surface area contributed by atoms with E-state index in [2.05, 4.69) is 28.2 Å². The smallest absolute Gasteiger partial charge is 0.327 e. The summed E-state index contributed by atoms with van der Waals surface area (Å²) in [6.45, 7) is 6.33.